The highest BCUT2D eigenvalue weighted by molar-refractivity contribution is 6.31. The second kappa shape index (κ2) is 5.13. The molecule has 0 heterocycles. The standard InChI is InChI=1S/C11H12ClO2/c1-8(2)14-11(7-13)9-5-3-4-6-10(9)12/h3-6,8,11H,1-2H3/t11-/m0/s1. The van der Waals surface area contributed by atoms with Gasteiger partial charge < -0.3 is 4.74 Å². The largest absolute Gasteiger partial charge is 0.362 e. The molecule has 0 amide bonds. The molecular formula is C11H12ClO2. The zero-order valence-corrected chi connectivity index (χ0v) is 8.91. The van der Waals surface area contributed by atoms with Gasteiger partial charge in [-0.2, -0.15) is 0 Å². The molecule has 0 fully saturated rings. The molecule has 1 rings (SSSR count). The molecule has 14 heavy (non-hydrogen) atoms. The van der Waals surface area contributed by atoms with Gasteiger partial charge in [0.1, 0.15) is 0 Å². The van der Waals surface area contributed by atoms with Gasteiger partial charge in [0.15, 0.2) is 6.10 Å². The summed E-state index contributed by atoms with van der Waals surface area (Å²) in [6.07, 6.45) is 1.11. The Labute approximate surface area is 88.8 Å². The molecule has 0 N–H and O–H groups in total. The van der Waals surface area contributed by atoms with Crippen LogP contribution in [0.1, 0.15) is 25.5 Å². The lowest BCUT2D eigenvalue weighted by Crippen LogP contribution is -2.11. The number of ether oxygens (including phenoxy) is 1. The molecular weight excluding hydrogens is 200 g/mol. The summed E-state index contributed by atoms with van der Waals surface area (Å²) in [4.78, 5) is 10.7. The molecule has 0 saturated heterocycles. The first-order valence-electron chi connectivity index (χ1n) is 4.42. The summed E-state index contributed by atoms with van der Waals surface area (Å²) in [5, 5.41) is 0.529. The van der Waals surface area contributed by atoms with Crippen LogP contribution in [0.25, 0.3) is 0 Å². The van der Waals surface area contributed by atoms with Crippen LogP contribution in [0.15, 0.2) is 24.3 Å². The Kier molecular flexibility index (Phi) is 4.11. The highest BCUT2D eigenvalue weighted by atomic mass is 35.5. The topological polar surface area (TPSA) is 26.3 Å². The van der Waals surface area contributed by atoms with Gasteiger partial charge in [-0.3, -0.25) is 4.79 Å². The van der Waals surface area contributed by atoms with Crippen molar-refractivity contribution in [3.8, 4) is 0 Å². The van der Waals surface area contributed by atoms with Crippen LogP contribution in [0.4, 0.5) is 0 Å². The maximum atomic E-state index is 10.7. The molecule has 1 aromatic carbocycles. The fraction of sp³-hybridized carbons (Fsp3) is 0.364. The van der Waals surface area contributed by atoms with E-state index in [1.807, 2.05) is 32.3 Å². The maximum absolute atomic E-state index is 10.7. The average molecular weight is 212 g/mol. The number of halogens is 1. The van der Waals surface area contributed by atoms with Crippen LogP contribution in [0, 0.1) is 0 Å². The highest BCUT2D eigenvalue weighted by Crippen LogP contribution is 2.24. The normalized spacial score (nSPS) is 12.9. The van der Waals surface area contributed by atoms with E-state index in [0.717, 1.165) is 0 Å². The van der Waals surface area contributed by atoms with Crippen LogP contribution < -0.4 is 0 Å². The summed E-state index contributed by atoms with van der Waals surface area (Å²) < 4.78 is 5.36. The van der Waals surface area contributed by atoms with E-state index in [4.69, 9.17) is 16.3 Å². The fourth-order valence-electron chi connectivity index (χ4n) is 1.12. The van der Waals surface area contributed by atoms with Crippen LogP contribution in [0.5, 0.6) is 0 Å². The zero-order chi connectivity index (χ0) is 10.6. The summed E-state index contributed by atoms with van der Waals surface area (Å²) in [7, 11) is 0. The van der Waals surface area contributed by atoms with Gasteiger partial charge in [-0.25, -0.2) is 0 Å². The minimum atomic E-state index is -0.691. The van der Waals surface area contributed by atoms with E-state index in [9.17, 15) is 4.79 Å². The number of hydrogen-bond acceptors (Lipinski definition) is 2. The molecule has 0 aliphatic rings. The Morgan fingerprint density at radius 3 is 2.50 bits per heavy atom. The van der Waals surface area contributed by atoms with E-state index in [0.29, 0.717) is 10.6 Å². The molecule has 1 radical (unpaired) electrons. The van der Waals surface area contributed by atoms with Gasteiger partial charge in [-0.15, -0.1) is 0 Å². The fourth-order valence-corrected chi connectivity index (χ4v) is 1.36. The Morgan fingerprint density at radius 1 is 1.36 bits per heavy atom. The van der Waals surface area contributed by atoms with Gasteiger partial charge in [0, 0.05) is 10.6 Å². The molecule has 75 valence electrons. The highest BCUT2D eigenvalue weighted by Gasteiger charge is 2.16. The third kappa shape index (κ3) is 2.82. The first kappa shape index (κ1) is 11.2. The van der Waals surface area contributed by atoms with Crippen molar-refractivity contribution >= 4 is 17.9 Å². The lowest BCUT2D eigenvalue weighted by atomic mass is 10.1. The maximum Gasteiger partial charge on any atom is 0.234 e. The SMILES string of the molecule is CC(C)O[C@@H]([C]=O)c1ccccc1Cl. The number of hydrogen-bond donors (Lipinski definition) is 0. The van der Waals surface area contributed by atoms with Crippen molar-refractivity contribution in [2.75, 3.05) is 0 Å². The molecule has 0 aliphatic heterocycles. The Balaban J connectivity index is 2.89. The van der Waals surface area contributed by atoms with Gasteiger partial charge >= 0.3 is 0 Å². The summed E-state index contributed by atoms with van der Waals surface area (Å²) in [6.45, 7) is 3.72. The summed E-state index contributed by atoms with van der Waals surface area (Å²) >= 11 is 5.92. The Hall–Kier alpha value is -0.860. The molecule has 1 atom stereocenters. The second-order valence-electron chi connectivity index (χ2n) is 3.20. The van der Waals surface area contributed by atoms with E-state index < -0.39 is 6.10 Å². The molecule has 3 heteroatoms. The smallest absolute Gasteiger partial charge is 0.234 e. The van der Waals surface area contributed by atoms with Gasteiger partial charge in [-0.1, -0.05) is 29.8 Å². The molecule has 0 saturated carbocycles. The van der Waals surface area contributed by atoms with Crippen molar-refractivity contribution in [1.82, 2.24) is 0 Å². The van der Waals surface area contributed by atoms with Crippen molar-refractivity contribution in [2.45, 2.75) is 26.1 Å². The first-order valence-corrected chi connectivity index (χ1v) is 4.80. The predicted octanol–water partition coefficient (Wildman–Crippen LogP) is 2.92. The predicted molar refractivity (Wildman–Crippen MR) is 56.1 cm³/mol. The van der Waals surface area contributed by atoms with Crippen molar-refractivity contribution in [2.24, 2.45) is 0 Å². The molecule has 0 bridgehead atoms. The minimum absolute atomic E-state index is 0.0299. The van der Waals surface area contributed by atoms with E-state index in [1.165, 1.54) is 0 Å². The molecule has 0 spiro atoms. The van der Waals surface area contributed by atoms with Crippen molar-refractivity contribution in [1.29, 1.82) is 0 Å². The average Bonchev–Trinajstić information content (AvgIpc) is 2.15. The third-order valence-electron chi connectivity index (χ3n) is 1.70. The first-order chi connectivity index (χ1) is 6.65. The van der Waals surface area contributed by atoms with E-state index in [2.05, 4.69) is 0 Å². The van der Waals surface area contributed by atoms with Crippen molar-refractivity contribution in [3.05, 3.63) is 34.9 Å². The van der Waals surface area contributed by atoms with Gasteiger partial charge in [0.25, 0.3) is 0 Å². The molecule has 2 nitrogen and oxygen atoms in total. The Morgan fingerprint density at radius 2 is 2.00 bits per heavy atom. The van der Waals surface area contributed by atoms with Crippen LogP contribution >= 0.6 is 11.6 Å². The summed E-state index contributed by atoms with van der Waals surface area (Å²) in [6, 6.07) is 7.11. The second-order valence-corrected chi connectivity index (χ2v) is 3.61. The van der Waals surface area contributed by atoms with Crippen LogP contribution in [-0.4, -0.2) is 12.4 Å². The number of rotatable bonds is 4. The number of benzene rings is 1. The minimum Gasteiger partial charge on any atom is -0.362 e. The molecule has 0 unspecified atom stereocenters. The zero-order valence-electron chi connectivity index (χ0n) is 8.16. The molecule has 1 aromatic rings. The molecule has 0 aromatic heterocycles. The van der Waals surface area contributed by atoms with Crippen LogP contribution in [0.3, 0.4) is 0 Å². The Bertz CT molecular complexity index is 310. The lowest BCUT2D eigenvalue weighted by Gasteiger charge is -2.15. The van der Waals surface area contributed by atoms with Crippen LogP contribution in [-0.2, 0) is 9.53 Å². The van der Waals surface area contributed by atoms with Crippen molar-refractivity contribution < 1.29 is 9.53 Å². The van der Waals surface area contributed by atoms with E-state index >= 15 is 0 Å². The van der Waals surface area contributed by atoms with E-state index in [-0.39, 0.29) is 6.10 Å². The van der Waals surface area contributed by atoms with Gasteiger partial charge in [-0.05, 0) is 19.9 Å². The number of carbonyl (C=O) groups excluding carboxylic acids is 1. The van der Waals surface area contributed by atoms with E-state index in [1.54, 1.807) is 12.1 Å². The third-order valence-corrected chi connectivity index (χ3v) is 2.05. The quantitative estimate of drug-likeness (QED) is 0.766. The summed E-state index contributed by atoms with van der Waals surface area (Å²) in [5.41, 5.74) is 0.665. The molecule has 0 aliphatic carbocycles. The summed E-state index contributed by atoms with van der Waals surface area (Å²) in [5.74, 6) is 0. The monoisotopic (exact) mass is 211 g/mol. The van der Waals surface area contributed by atoms with Gasteiger partial charge in [0.2, 0.25) is 6.29 Å². The van der Waals surface area contributed by atoms with Crippen LogP contribution in [0.2, 0.25) is 5.02 Å². The lowest BCUT2D eigenvalue weighted by molar-refractivity contribution is 0.0446. The van der Waals surface area contributed by atoms with Gasteiger partial charge in [0.05, 0.1) is 6.10 Å². The van der Waals surface area contributed by atoms with Crippen molar-refractivity contribution in [3.63, 3.8) is 0 Å².